The standard InChI is InChI=1S/C18H16N6O3S.Na/c1-11-10-15(28(19,26)27)12(2)9-14(11)21-22-16-17(20-3)23-24(18(16)25)13-7-5-4-6-8-13;/h4-10,25H,1-2H3,(H2,19,26,27);/q;+1/p-1. The summed E-state index contributed by atoms with van der Waals surface area (Å²) in [5.41, 5.74) is 1.57. The van der Waals surface area contributed by atoms with Crippen molar-refractivity contribution in [3.63, 3.8) is 0 Å². The molecule has 3 rings (SSSR count). The summed E-state index contributed by atoms with van der Waals surface area (Å²) in [6.07, 6.45) is 0. The minimum Gasteiger partial charge on any atom is -0.857 e. The molecule has 1 aromatic heterocycles. The average Bonchev–Trinajstić information content (AvgIpc) is 2.97. The fourth-order valence-electron chi connectivity index (χ4n) is 2.58. The second-order valence-corrected chi connectivity index (χ2v) is 7.52. The van der Waals surface area contributed by atoms with Crippen molar-refractivity contribution in [3.8, 4) is 11.6 Å². The molecule has 0 atom stereocenters. The fourth-order valence-corrected chi connectivity index (χ4v) is 3.43. The van der Waals surface area contributed by atoms with Crippen molar-refractivity contribution in [3.05, 3.63) is 65.0 Å². The van der Waals surface area contributed by atoms with Gasteiger partial charge in [-0.25, -0.2) is 13.6 Å². The first-order chi connectivity index (χ1) is 13.2. The minimum atomic E-state index is -3.86. The van der Waals surface area contributed by atoms with Gasteiger partial charge in [-0.3, -0.25) is 0 Å². The van der Waals surface area contributed by atoms with Crippen molar-refractivity contribution >= 4 is 27.2 Å². The minimum absolute atomic E-state index is 0. The van der Waals surface area contributed by atoms with Gasteiger partial charge in [0.05, 0.1) is 16.3 Å². The van der Waals surface area contributed by atoms with Crippen LogP contribution >= 0.6 is 0 Å². The number of primary sulfonamides is 1. The molecule has 0 aliphatic rings. The summed E-state index contributed by atoms with van der Waals surface area (Å²) in [6, 6.07) is 11.5. The molecule has 2 N–H and O–H groups in total. The number of hydrogen-bond donors (Lipinski definition) is 1. The van der Waals surface area contributed by atoms with Gasteiger partial charge >= 0.3 is 35.4 Å². The molecule has 2 aromatic carbocycles. The van der Waals surface area contributed by atoms with Crippen LogP contribution in [0.4, 0.5) is 17.2 Å². The predicted octanol–water partition coefficient (Wildman–Crippen LogP) is 0.180. The molecule has 0 aliphatic carbocycles. The maximum absolute atomic E-state index is 12.6. The van der Waals surface area contributed by atoms with Gasteiger partial charge in [-0.2, -0.15) is 14.9 Å². The van der Waals surface area contributed by atoms with Crippen molar-refractivity contribution < 1.29 is 43.1 Å². The number of benzene rings is 2. The Bertz CT molecular complexity index is 1230. The zero-order valence-corrected chi connectivity index (χ0v) is 18.8. The van der Waals surface area contributed by atoms with Crippen LogP contribution in [0.25, 0.3) is 10.5 Å². The van der Waals surface area contributed by atoms with E-state index < -0.39 is 15.9 Å². The van der Waals surface area contributed by atoms with E-state index in [0.29, 0.717) is 22.5 Å². The number of sulfonamides is 1. The van der Waals surface area contributed by atoms with E-state index in [1.54, 1.807) is 44.2 Å². The van der Waals surface area contributed by atoms with Gasteiger partial charge in [-0.05, 0) is 54.3 Å². The summed E-state index contributed by atoms with van der Waals surface area (Å²) in [4.78, 5) is 3.24. The molecule has 9 nitrogen and oxygen atoms in total. The Morgan fingerprint density at radius 3 is 2.38 bits per heavy atom. The van der Waals surface area contributed by atoms with Gasteiger partial charge in [0.2, 0.25) is 10.0 Å². The molecule has 0 spiro atoms. The quantitative estimate of drug-likeness (QED) is 0.368. The summed E-state index contributed by atoms with van der Waals surface area (Å²) in [5.74, 6) is -0.746. The molecule has 29 heavy (non-hydrogen) atoms. The van der Waals surface area contributed by atoms with Gasteiger partial charge in [0.15, 0.2) is 0 Å². The van der Waals surface area contributed by atoms with Gasteiger partial charge < -0.3 is 9.95 Å². The molecule has 0 bridgehead atoms. The van der Waals surface area contributed by atoms with E-state index in [1.807, 2.05) is 0 Å². The van der Waals surface area contributed by atoms with Crippen molar-refractivity contribution in [2.45, 2.75) is 18.7 Å². The molecule has 3 aromatic rings. The predicted molar refractivity (Wildman–Crippen MR) is 101 cm³/mol. The number of nitrogens with zero attached hydrogens (tertiary/aromatic N) is 5. The largest absolute Gasteiger partial charge is 1.00 e. The molecule has 0 radical (unpaired) electrons. The van der Waals surface area contributed by atoms with Crippen LogP contribution in [0.2, 0.25) is 0 Å². The number of para-hydroxylation sites is 1. The monoisotopic (exact) mass is 418 g/mol. The van der Waals surface area contributed by atoms with Crippen LogP contribution in [0.1, 0.15) is 11.1 Å². The van der Waals surface area contributed by atoms with Gasteiger partial charge in [0.1, 0.15) is 5.69 Å². The van der Waals surface area contributed by atoms with Crippen molar-refractivity contribution in [2.75, 3.05) is 0 Å². The first-order valence-electron chi connectivity index (χ1n) is 8.01. The number of rotatable bonds is 4. The topological polar surface area (TPSA) is 130 Å². The molecular weight excluding hydrogens is 403 g/mol. The third-order valence-corrected chi connectivity index (χ3v) is 5.02. The Morgan fingerprint density at radius 1 is 1.14 bits per heavy atom. The first kappa shape index (κ1) is 22.7. The molecule has 0 saturated heterocycles. The molecule has 0 aliphatic heterocycles. The van der Waals surface area contributed by atoms with Crippen molar-refractivity contribution in [1.29, 1.82) is 0 Å². The van der Waals surface area contributed by atoms with Crippen LogP contribution in [0, 0.1) is 20.4 Å². The Labute approximate surface area is 190 Å². The molecule has 11 heteroatoms. The summed E-state index contributed by atoms with van der Waals surface area (Å²) in [5, 5.41) is 29.8. The molecule has 142 valence electrons. The Morgan fingerprint density at radius 2 is 1.79 bits per heavy atom. The summed E-state index contributed by atoms with van der Waals surface area (Å²) < 4.78 is 24.3. The van der Waals surface area contributed by atoms with Crippen LogP contribution in [0.3, 0.4) is 0 Å². The molecule has 0 unspecified atom stereocenters. The van der Waals surface area contributed by atoms with Crippen LogP contribution in [0.5, 0.6) is 5.88 Å². The Kier molecular flexibility index (Phi) is 6.94. The van der Waals surface area contributed by atoms with Crippen LogP contribution in [-0.4, -0.2) is 18.2 Å². The third kappa shape index (κ3) is 4.72. The summed E-state index contributed by atoms with van der Waals surface area (Å²) in [7, 11) is -3.86. The zero-order valence-electron chi connectivity index (χ0n) is 16.0. The Hall–Kier alpha value is -2.55. The van der Waals surface area contributed by atoms with Crippen LogP contribution in [0.15, 0.2) is 57.6 Å². The first-order valence-corrected chi connectivity index (χ1v) is 9.55. The molecular formula is C18H15N6NaO3S. The maximum Gasteiger partial charge on any atom is 1.00 e. The van der Waals surface area contributed by atoms with Gasteiger partial charge in [-0.1, -0.05) is 24.8 Å². The van der Waals surface area contributed by atoms with E-state index in [2.05, 4.69) is 20.2 Å². The van der Waals surface area contributed by atoms with Crippen LogP contribution < -0.4 is 39.8 Å². The molecule has 0 amide bonds. The number of hydrogen-bond acceptors (Lipinski definition) is 6. The zero-order chi connectivity index (χ0) is 20.5. The molecule has 1 heterocycles. The Balaban J connectivity index is 0.00000300. The van der Waals surface area contributed by atoms with Crippen LogP contribution in [-0.2, 0) is 10.0 Å². The van der Waals surface area contributed by atoms with E-state index in [0.717, 1.165) is 4.68 Å². The molecule has 0 saturated carbocycles. The van der Waals surface area contributed by atoms with E-state index in [1.165, 1.54) is 12.1 Å². The van der Waals surface area contributed by atoms with Crippen molar-refractivity contribution in [1.82, 2.24) is 9.78 Å². The second-order valence-electron chi connectivity index (χ2n) is 5.99. The number of nitrogens with two attached hydrogens (primary N) is 1. The second kappa shape index (κ2) is 8.86. The van der Waals surface area contributed by atoms with Crippen molar-refractivity contribution in [2.24, 2.45) is 15.4 Å². The maximum atomic E-state index is 12.6. The van der Waals surface area contributed by atoms with Gasteiger partial charge in [-0.15, -0.1) is 0 Å². The SMILES string of the molecule is [C-]#[N+]c1nn(-c2ccccc2)c([O-])c1N=Nc1cc(C)c(S(N)(=O)=O)cc1C.[Na+]. The van der Waals surface area contributed by atoms with Gasteiger partial charge in [0, 0.05) is 5.88 Å². The van der Waals surface area contributed by atoms with Gasteiger partial charge in [0.25, 0.3) is 0 Å². The van der Waals surface area contributed by atoms with E-state index in [9.17, 15) is 13.5 Å². The summed E-state index contributed by atoms with van der Waals surface area (Å²) in [6.45, 7) is 10.5. The van der Waals surface area contributed by atoms with E-state index in [4.69, 9.17) is 11.7 Å². The fraction of sp³-hybridized carbons (Fsp3) is 0.111. The number of aromatic nitrogens is 2. The smallest absolute Gasteiger partial charge is 0.857 e. The normalized spacial score (nSPS) is 11.2. The third-order valence-electron chi connectivity index (χ3n) is 3.97. The van der Waals surface area contributed by atoms with E-state index >= 15 is 0 Å². The average molecular weight is 418 g/mol. The number of azo groups is 1. The number of aryl methyl sites for hydroxylation is 2. The summed E-state index contributed by atoms with van der Waals surface area (Å²) >= 11 is 0. The molecule has 0 fully saturated rings. The van der Waals surface area contributed by atoms with E-state index in [-0.39, 0.29) is 46.0 Å².